The molecule has 0 atom stereocenters. The first kappa shape index (κ1) is 20.0. The topological polar surface area (TPSA) is 92.1 Å². The summed E-state index contributed by atoms with van der Waals surface area (Å²) >= 11 is 0. The van der Waals surface area contributed by atoms with Crippen molar-refractivity contribution < 1.29 is 13.2 Å². The van der Waals surface area contributed by atoms with Crippen molar-refractivity contribution in [2.24, 2.45) is 0 Å². The molecule has 4 aromatic rings. The van der Waals surface area contributed by atoms with E-state index in [1.54, 1.807) is 73.8 Å². The van der Waals surface area contributed by atoms with E-state index in [9.17, 15) is 18.0 Å². The van der Waals surface area contributed by atoms with Gasteiger partial charge in [0, 0.05) is 12.3 Å². The summed E-state index contributed by atoms with van der Waals surface area (Å²) in [4.78, 5) is 31.9. The quantitative estimate of drug-likeness (QED) is 0.481. The van der Waals surface area contributed by atoms with Gasteiger partial charge in [-0.1, -0.05) is 36.4 Å². The molecule has 1 aliphatic rings. The lowest BCUT2D eigenvalue weighted by Crippen LogP contribution is -2.51. The minimum absolute atomic E-state index is 0.0142. The lowest BCUT2D eigenvalue weighted by molar-refractivity contribution is 0.253. The Balaban J connectivity index is 1.68. The van der Waals surface area contributed by atoms with Crippen LogP contribution in [-0.2, 0) is 16.6 Å². The van der Waals surface area contributed by atoms with Crippen molar-refractivity contribution in [3.8, 4) is 0 Å². The molecule has 0 spiro atoms. The molecular weight excluding hydrogens is 428 g/mol. The van der Waals surface area contributed by atoms with E-state index in [4.69, 9.17) is 0 Å². The van der Waals surface area contributed by atoms with Crippen LogP contribution in [0, 0.1) is 6.92 Å². The van der Waals surface area contributed by atoms with Gasteiger partial charge >= 0.3 is 6.03 Å². The molecule has 0 bridgehead atoms. The number of pyridine rings is 1. The van der Waals surface area contributed by atoms with Crippen molar-refractivity contribution in [2.75, 3.05) is 9.21 Å². The molecule has 9 heteroatoms. The first-order chi connectivity index (χ1) is 15.4. The average molecular weight is 446 g/mol. The number of hydrogen-bond donors (Lipinski definition) is 0. The zero-order valence-corrected chi connectivity index (χ0v) is 17.9. The maximum absolute atomic E-state index is 13.6. The zero-order chi connectivity index (χ0) is 22.5. The third kappa shape index (κ3) is 3.05. The summed E-state index contributed by atoms with van der Waals surface area (Å²) in [5, 5.41) is 0. The van der Waals surface area contributed by atoms with Crippen molar-refractivity contribution in [3.63, 3.8) is 0 Å². The minimum Gasteiger partial charge on any atom is -0.286 e. The van der Waals surface area contributed by atoms with Crippen molar-refractivity contribution in [1.29, 1.82) is 0 Å². The summed E-state index contributed by atoms with van der Waals surface area (Å²) in [6, 6.07) is 18.9. The number of para-hydroxylation sites is 2. The first-order valence-corrected chi connectivity index (χ1v) is 11.3. The third-order valence-electron chi connectivity index (χ3n) is 5.36. The van der Waals surface area contributed by atoms with Gasteiger partial charge in [0.2, 0.25) is 0 Å². The Kier molecular flexibility index (Phi) is 4.56. The number of fused-ring (bicyclic) bond motifs is 2. The molecule has 0 saturated carbocycles. The molecule has 32 heavy (non-hydrogen) atoms. The van der Waals surface area contributed by atoms with Gasteiger partial charge in [0.1, 0.15) is 10.5 Å². The molecule has 8 nitrogen and oxygen atoms in total. The van der Waals surface area contributed by atoms with Crippen LogP contribution in [0.4, 0.5) is 16.2 Å². The van der Waals surface area contributed by atoms with Crippen molar-refractivity contribution in [3.05, 3.63) is 101 Å². The fraction of sp³-hybridized carbons (Fsp3) is 0.0870. The molecule has 2 aromatic carbocycles. The summed E-state index contributed by atoms with van der Waals surface area (Å²) in [6.45, 7) is 1.68. The normalized spacial score (nSPS) is 15.1. The Morgan fingerprint density at radius 2 is 1.56 bits per heavy atom. The highest BCUT2D eigenvalue weighted by molar-refractivity contribution is 7.94. The largest absolute Gasteiger partial charge is 0.343 e. The summed E-state index contributed by atoms with van der Waals surface area (Å²) in [6.07, 6.45) is 1.61. The molecule has 0 fully saturated rings. The number of carbonyl (C=O) groups is 1. The molecule has 0 unspecified atom stereocenters. The van der Waals surface area contributed by atoms with E-state index in [0.29, 0.717) is 16.9 Å². The van der Waals surface area contributed by atoms with Crippen LogP contribution >= 0.6 is 0 Å². The fourth-order valence-corrected chi connectivity index (χ4v) is 5.49. The van der Waals surface area contributed by atoms with Crippen molar-refractivity contribution in [2.45, 2.75) is 18.4 Å². The number of sulfonamides is 1. The van der Waals surface area contributed by atoms with E-state index in [2.05, 4.69) is 4.98 Å². The molecule has 160 valence electrons. The molecule has 0 radical (unpaired) electrons. The highest BCUT2D eigenvalue weighted by Gasteiger charge is 2.43. The lowest BCUT2D eigenvalue weighted by atomic mass is 10.2. The summed E-state index contributed by atoms with van der Waals surface area (Å²) in [5.74, 6) is 0. The zero-order valence-electron chi connectivity index (χ0n) is 17.0. The van der Waals surface area contributed by atoms with Crippen LogP contribution in [0.2, 0.25) is 0 Å². The summed E-state index contributed by atoms with van der Waals surface area (Å²) in [7, 11) is -4.12. The monoisotopic (exact) mass is 446 g/mol. The second-order valence-corrected chi connectivity index (χ2v) is 9.16. The molecule has 0 N–H and O–H groups in total. The number of anilines is 2. The van der Waals surface area contributed by atoms with Gasteiger partial charge in [-0.25, -0.2) is 18.2 Å². The number of benzene rings is 2. The molecule has 0 aliphatic carbocycles. The van der Waals surface area contributed by atoms with Gasteiger partial charge in [-0.05, 0) is 42.8 Å². The van der Waals surface area contributed by atoms with E-state index in [0.717, 1.165) is 4.31 Å². The number of amides is 2. The smallest absolute Gasteiger partial charge is 0.286 e. The Morgan fingerprint density at radius 3 is 2.34 bits per heavy atom. The molecule has 1 aliphatic heterocycles. The van der Waals surface area contributed by atoms with Gasteiger partial charge in [-0.3, -0.25) is 14.1 Å². The Labute approximate surface area is 184 Å². The van der Waals surface area contributed by atoms with Crippen LogP contribution in [0.3, 0.4) is 0 Å². The van der Waals surface area contributed by atoms with Crippen LogP contribution in [0.25, 0.3) is 5.65 Å². The maximum Gasteiger partial charge on any atom is 0.343 e. The standard InChI is InChI=1S/C23H18N4O4S/c1-16-8-2-3-9-18(16)27-23(29)26(19-10-4-5-11-20(19)32(27,30)31)15-17-14-22(28)25-13-7-6-12-21(25)24-17/h2-14H,15H2,1H3. The minimum atomic E-state index is -4.12. The van der Waals surface area contributed by atoms with Crippen molar-refractivity contribution in [1.82, 2.24) is 9.38 Å². The maximum atomic E-state index is 13.6. The number of rotatable bonds is 3. The van der Waals surface area contributed by atoms with Crippen LogP contribution in [-0.4, -0.2) is 23.8 Å². The molecule has 3 heterocycles. The Bertz CT molecular complexity index is 1550. The van der Waals surface area contributed by atoms with Gasteiger partial charge < -0.3 is 0 Å². The summed E-state index contributed by atoms with van der Waals surface area (Å²) < 4.78 is 29.0. The highest BCUT2D eigenvalue weighted by atomic mass is 32.2. The predicted octanol–water partition coefficient (Wildman–Crippen LogP) is 3.34. The van der Waals surface area contributed by atoms with Crippen LogP contribution in [0.5, 0.6) is 0 Å². The SMILES string of the molecule is Cc1ccccc1N1C(=O)N(Cc2cc(=O)n3ccccc3n2)c2ccccc2S1(=O)=O. The Morgan fingerprint density at radius 1 is 0.875 bits per heavy atom. The predicted molar refractivity (Wildman–Crippen MR) is 120 cm³/mol. The van der Waals surface area contributed by atoms with Crippen LogP contribution in [0.15, 0.2) is 88.7 Å². The second-order valence-electron chi connectivity index (χ2n) is 7.41. The number of aromatic nitrogens is 2. The third-order valence-corrected chi connectivity index (χ3v) is 7.09. The number of aryl methyl sites for hydroxylation is 1. The Hall–Kier alpha value is -3.98. The molecular formula is C23H18N4O4S. The lowest BCUT2D eigenvalue weighted by Gasteiger charge is -2.36. The van der Waals surface area contributed by atoms with Crippen molar-refractivity contribution >= 4 is 33.1 Å². The van der Waals surface area contributed by atoms with E-state index >= 15 is 0 Å². The van der Waals surface area contributed by atoms with E-state index in [1.807, 2.05) is 0 Å². The van der Waals surface area contributed by atoms with E-state index < -0.39 is 16.1 Å². The number of carbonyl (C=O) groups excluding carboxylic acids is 1. The van der Waals surface area contributed by atoms with Gasteiger partial charge in [0.25, 0.3) is 15.6 Å². The number of nitrogens with zero attached hydrogens (tertiary/aromatic N) is 4. The van der Waals surface area contributed by atoms with Gasteiger partial charge in [-0.15, -0.1) is 0 Å². The average Bonchev–Trinajstić information content (AvgIpc) is 2.78. The number of urea groups is 1. The molecule has 2 aromatic heterocycles. The number of hydrogen-bond acceptors (Lipinski definition) is 5. The second kappa shape index (κ2) is 7.31. The first-order valence-electron chi connectivity index (χ1n) is 9.87. The van der Waals surface area contributed by atoms with Crippen LogP contribution in [0.1, 0.15) is 11.3 Å². The molecule has 2 amide bonds. The highest BCUT2D eigenvalue weighted by Crippen LogP contribution is 2.38. The summed E-state index contributed by atoms with van der Waals surface area (Å²) in [5.41, 5.74) is 1.68. The van der Waals surface area contributed by atoms with Crippen LogP contribution < -0.4 is 14.8 Å². The van der Waals surface area contributed by atoms with Gasteiger partial charge in [0.05, 0.1) is 23.6 Å². The molecule has 0 saturated heterocycles. The van der Waals surface area contributed by atoms with E-state index in [-0.39, 0.29) is 28.4 Å². The van der Waals surface area contributed by atoms with Gasteiger partial charge in [0.15, 0.2) is 0 Å². The molecule has 5 rings (SSSR count). The van der Waals surface area contributed by atoms with Gasteiger partial charge in [-0.2, -0.15) is 4.31 Å². The fourth-order valence-electron chi connectivity index (χ4n) is 3.83. The van der Waals surface area contributed by atoms with E-state index in [1.165, 1.54) is 21.4 Å².